The highest BCUT2D eigenvalue weighted by Gasteiger charge is 2.22. The summed E-state index contributed by atoms with van der Waals surface area (Å²) in [6, 6.07) is 25.1. The number of aromatic carboxylic acids is 1. The van der Waals surface area contributed by atoms with Crippen molar-refractivity contribution in [2.75, 3.05) is 13.2 Å². The molecule has 208 valence electrons. The Morgan fingerprint density at radius 1 is 1.00 bits per heavy atom. The molecule has 0 saturated heterocycles. The van der Waals surface area contributed by atoms with E-state index >= 15 is 0 Å². The lowest BCUT2D eigenvalue weighted by atomic mass is 9.93. The molecule has 8 heteroatoms. The Labute approximate surface area is 244 Å². The van der Waals surface area contributed by atoms with Gasteiger partial charge in [-0.3, -0.25) is 0 Å². The number of hydrogen-bond acceptors (Lipinski definition) is 5. The molecule has 0 unspecified atom stereocenters. The summed E-state index contributed by atoms with van der Waals surface area (Å²) in [5.74, 6) is -0.165. The fourth-order valence-electron chi connectivity index (χ4n) is 4.80. The van der Waals surface area contributed by atoms with Crippen molar-refractivity contribution in [3.63, 3.8) is 0 Å². The van der Waals surface area contributed by atoms with E-state index in [2.05, 4.69) is 36.3 Å². The van der Waals surface area contributed by atoms with Gasteiger partial charge in [-0.1, -0.05) is 48.5 Å². The smallest absolute Gasteiger partial charge is 0.335 e. The molecule has 40 heavy (non-hydrogen) atoms. The lowest BCUT2D eigenvalue weighted by molar-refractivity contribution is 0.0697. The quantitative estimate of drug-likeness (QED) is 0.135. The molecule has 0 spiro atoms. The Balaban J connectivity index is 0.00000370. The number of aromatic amines is 1. The predicted octanol–water partition coefficient (Wildman–Crippen LogP) is 7.03. The number of aliphatic hydroxyl groups excluding tert-OH is 1. The molecule has 0 aliphatic rings. The Kier molecular flexibility index (Phi) is 9.32. The molecule has 4 N–H and O–H groups in total. The number of fused-ring (bicyclic) bond motifs is 1. The third-order valence-corrected chi connectivity index (χ3v) is 7.70. The molecule has 0 radical (unpaired) electrons. The largest absolute Gasteiger partial charge is 0.490 e. The number of ether oxygens (including phenoxy) is 1. The number of carbonyl (C=O) groups is 1. The molecule has 5 aromatic rings. The molecule has 2 aromatic heterocycles. The molecule has 0 aliphatic carbocycles. The summed E-state index contributed by atoms with van der Waals surface area (Å²) >= 11 is 1.66. The van der Waals surface area contributed by atoms with Gasteiger partial charge in [0.1, 0.15) is 18.5 Å². The first-order chi connectivity index (χ1) is 18.8. The van der Waals surface area contributed by atoms with Crippen molar-refractivity contribution in [1.82, 2.24) is 10.3 Å². The Hall–Kier alpha value is -3.62. The summed E-state index contributed by atoms with van der Waals surface area (Å²) in [6.07, 6.45) is 2.12. The molecule has 3 aromatic carbocycles. The van der Waals surface area contributed by atoms with Gasteiger partial charge < -0.3 is 25.3 Å². The zero-order valence-electron chi connectivity index (χ0n) is 22.4. The van der Waals surface area contributed by atoms with E-state index in [0.717, 1.165) is 44.6 Å². The van der Waals surface area contributed by atoms with E-state index in [1.54, 1.807) is 23.5 Å². The second-order valence-electron chi connectivity index (χ2n) is 10.3. The van der Waals surface area contributed by atoms with E-state index in [4.69, 9.17) is 4.74 Å². The van der Waals surface area contributed by atoms with Crippen molar-refractivity contribution >= 4 is 40.6 Å². The lowest BCUT2D eigenvalue weighted by Crippen LogP contribution is -2.46. The Morgan fingerprint density at radius 3 is 2.48 bits per heavy atom. The molecule has 0 fully saturated rings. The Bertz CT molecular complexity index is 1560. The number of carboxylic acid groups (broad SMARTS) is 1. The molecule has 1 atom stereocenters. The number of nitrogens with one attached hydrogen (secondary N) is 2. The minimum atomic E-state index is -0.934. The summed E-state index contributed by atoms with van der Waals surface area (Å²) < 4.78 is 6.01. The fourth-order valence-corrected chi connectivity index (χ4v) is 5.55. The van der Waals surface area contributed by atoms with Crippen LogP contribution in [-0.2, 0) is 6.42 Å². The molecular formula is C32H33ClN2O4S. The van der Waals surface area contributed by atoms with Crippen LogP contribution in [0.3, 0.4) is 0 Å². The topological polar surface area (TPSA) is 94.6 Å². The first-order valence-electron chi connectivity index (χ1n) is 12.9. The van der Waals surface area contributed by atoms with Crippen LogP contribution in [0, 0.1) is 0 Å². The number of rotatable bonds is 11. The minimum Gasteiger partial charge on any atom is -0.490 e. The zero-order chi connectivity index (χ0) is 27.4. The first-order valence-corrected chi connectivity index (χ1v) is 13.8. The molecule has 6 nitrogen and oxygen atoms in total. The van der Waals surface area contributed by atoms with E-state index in [0.29, 0.717) is 6.54 Å². The number of halogens is 1. The van der Waals surface area contributed by atoms with E-state index in [1.807, 2.05) is 66.2 Å². The summed E-state index contributed by atoms with van der Waals surface area (Å²) in [5, 5.41) is 26.6. The van der Waals surface area contributed by atoms with Crippen molar-refractivity contribution in [1.29, 1.82) is 0 Å². The maximum Gasteiger partial charge on any atom is 0.335 e. The summed E-state index contributed by atoms with van der Waals surface area (Å²) in [4.78, 5) is 15.8. The minimum absolute atomic E-state index is 0. The second-order valence-corrected chi connectivity index (χ2v) is 11.3. The van der Waals surface area contributed by atoms with Gasteiger partial charge in [-0.05, 0) is 67.1 Å². The van der Waals surface area contributed by atoms with Crippen LogP contribution in [0.2, 0.25) is 0 Å². The van der Waals surface area contributed by atoms with Crippen LogP contribution >= 0.6 is 23.7 Å². The number of carboxylic acids is 1. The number of β-amino-alcohol motifs (C(OH)–C–C–N with tert-alkyl or cyclic N) is 1. The van der Waals surface area contributed by atoms with Gasteiger partial charge in [-0.25, -0.2) is 4.79 Å². The van der Waals surface area contributed by atoms with Crippen LogP contribution in [0.4, 0.5) is 0 Å². The van der Waals surface area contributed by atoms with Crippen molar-refractivity contribution in [2.24, 2.45) is 0 Å². The van der Waals surface area contributed by atoms with Gasteiger partial charge in [0, 0.05) is 39.7 Å². The molecule has 2 heterocycles. The fraction of sp³-hybridized carbons (Fsp3) is 0.219. The summed E-state index contributed by atoms with van der Waals surface area (Å²) in [5.41, 5.74) is 5.20. The van der Waals surface area contributed by atoms with E-state index in [1.165, 1.54) is 5.56 Å². The van der Waals surface area contributed by atoms with Crippen molar-refractivity contribution in [3.05, 3.63) is 102 Å². The third-order valence-electron chi connectivity index (χ3n) is 6.80. The average molecular weight is 577 g/mol. The van der Waals surface area contributed by atoms with E-state index in [-0.39, 0.29) is 30.1 Å². The average Bonchev–Trinajstić information content (AvgIpc) is 3.62. The van der Waals surface area contributed by atoms with Crippen LogP contribution in [0.15, 0.2) is 90.4 Å². The molecule has 0 aliphatic heterocycles. The highest BCUT2D eigenvalue weighted by Crippen LogP contribution is 2.33. The molecule has 0 bridgehead atoms. The number of H-pyrrole nitrogens is 1. The number of benzene rings is 3. The van der Waals surface area contributed by atoms with Gasteiger partial charge >= 0.3 is 5.97 Å². The van der Waals surface area contributed by atoms with Crippen LogP contribution in [0.25, 0.3) is 32.5 Å². The van der Waals surface area contributed by atoms with Crippen molar-refractivity contribution in [3.8, 4) is 27.3 Å². The van der Waals surface area contributed by atoms with Crippen LogP contribution in [0.5, 0.6) is 5.75 Å². The molecular weight excluding hydrogens is 544 g/mol. The van der Waals surface area contributed by atoms with Gasteiger partial charge in [-0.15, -0.1) is 23.7 Å². The van der Waals surface area contributed by atoms with E-state index in [9.17, 15) is 15.0 Å². The lowest BCUT2D eigenvalue weighted by Gasteiger charge is -2.28. The van der Waals surface area contributed by atoms with Crippen LogP contribution < -0.4 is 10.1 Å². The number of aliphatic hydroxyl groups is 1. The maximum absolute atomic E-state index is 11.2. The monoisotopic (exact) mass is 576 g/mol. The second kappa shape index (κ2) is 12.7. The molecule has 0 amide bonds. The standard InChI is InChI=1S/C32H32N2O4S.ClH/c1-32(2,34-19-24(35)20-38-28-10-4-3-7-27(28)29-11-6-16-39-29)17-23-18-33-30-25(8-5-9-26(23)30)21-12-14-22(15-13-21)31(36)37;/h3-16,18,24,33-35H,17,19-20H2,1-2H3,(H,36,37);1H/t24-;/m0./s1. The zero-order valence-corrected chi connectivity index (χ0v) is 24.0. The number of thiophene rings is 1. The summed E-state index contributed by atoms with van der Waals surface area (Å²) in [6.45, 7) is 4.85. The van der Waals surface area contributed by atoms with Crippen LogP contribution in [0.1, 0.15) is 29.8 Å². The number of para-hydroxylation sites is 2. The van der Waals surface area contributed by atoms with Crippen LogP contribution in [-0.4, -0.2) is 46.0 Å². The highest BCUT2D eigenvalue weighted by molar-refractivity contribution is 7.13. The normalized spacial score (nSPS) is 12.2. The summed E-state index contributed by atoms with van der Waals surface area (Å²) in [7, 11) is 0. The highest BCUT2D eigenvalue weighted by atomic mass is 35.5. The maximum atomic E-state index is 11.2. The van der Waals surface area contributed by atoms with Gasteiger partial charge in [-0.2, -0.15) is 0 Å². The van der Waals surface area contributed by atoms with Crippen molar-refractivity contribution in [2.45, 2.75) is 31.9 Å². The van der Waals surface area contributed by atoms with Gasteiger partial charge in [0.25, 0.3) is 0 Å². The predicted molar refractivity (Wildman–Crippen MR) is 165 cm³/mol. The third kappa shape index (κ3) is 6.74. The SMILES string of the molecule is CC(C)(Cc1c[nH]c2c(-c3ccc(C(=O)O)cc3)cccc12)NC[C@H](O)COc1ccccc1-c1cccs1.Cl. The van der Waals surface area contributed by atoms with E-state index < -0.39 is 12.1 Å². The Morgan fingerprint density at radius 2 is 1.75 bits per heavy atom. The van der Waals surface area contributed by atoms with Gasteiger partial charge in [0.05, 0.1) is 11.1 Å². The number of aromatic nitrogens is 1. The van der Waals surface area contributed by atoms with Gasteiger partial charge in [0.2, 0.25) is 0 Å². The van der Waals surface area contributed by atoms with Crippen molar-refractivity contribution < 1.29 is 19.7 Å². The number of hydrogen-bond donors (Lipinski definition) is 4. The van der Waals surface area contributed by atoms with Gasteiger partial charge in [0.15, 0.2) is 0 Å². The molecule has 0 saturated carbocycles. The first kappa shape index (κ1) is 29.4. The molecule has 5 rings (SSSR count).